The van der Waals surface area contributed by atoms with Gasteiger partial charge in [0.1, 0.15) is 5.75 Å². The van der Waals surface area contributed by atoms with Gasteiger partial charge in [0, 0.05) is 17.3 Å². The van der Waals surface area contributed by atoms with E-state index in [1.165, 1.54) is 0 Å². The van der Waals surface area contributed by atoms with Gasteiger partial charge in [-0.3, -0.25) is 4.98 Å². The second kappa shape index (κ2) is 4.96. The second-order valence-electron chi connectivity index (χ2n) is 2.96. The highest BCUT2D eigenvalue weighted by atomic mass is 16.5. The van der Waals surface area contributed by atoms with Crippen molar-refractivity contribution in [3.05, 3.63) is 23.5 Å². The number of nitrogens with zero attached hydrogens (tertiary/aromatic N) is 1. The second-order valence-corrected chi connectivity index (χ2v) is 2.96. The highest BCUT2D eigenvalue weighted by molar-refractivity contribution is 5.41. The molecule has 1 heterocycles. The van der Waals surface area contributed by atoms with E-state index in [-0.39, 0.29) is 6.10 Å². The summed E-state index contributed by atoms with van der Waals surface area (Å²) in [5.74, 6) is 0.795. The molecule has 0 aliphatic heterocycles. The van der Waals surface area contributed by atoms with Gasteiger partial charge in [-0.15, -0.1) is 0 Å². The van der Waals surface area contributed by atoms with Crippen molar-refractivity contribution in [2.75, 3.05) is 7.11 Å². The quantitative estimate of drug-likeness (QED) is 0.746. The number of hydrogen-bond donors (Lipinski definition) is 1. The molecule has 0 saturated heterocycles. The number of aliphatic hydroxyl groups is 1. The lowest BCUT2D eigenvalue weighted by Gasteiger charge is -2.06. The molecule has 1 atom stereocenters. The van der Waals surface area contributed by atoms with Crippen molar-refractivity contribution in [1.29, 1.82) is 0 Å². The molecule has 1 aromatic heterocycles. The largest absolute Gasteiger partial charge is 0.495 e. The summed E-state index contributed by atoms with van der Waals surface area (Å²) in [6.45, 7) is 4.00. The van der Waals surface area contributed by atoms with Crippen LogP contribution < -0.4 is 4.74 Å². The van der Waals surface area contributed by atoms with Gasteiger partial charge in [-0.25, -0.2) is 0 Å². The van der Waals surface area contributed by atoms with Crippen LogP contribution in [0.4, 0.5) is 0 Å². The van der Waals surface area contributed by atoms with Gasteiger partial charge in [-0.05, 0) is 12.8 Å². The summed E-state index contributed by atoms with van der Waals surface area (Å²) in [5.41, 5.74) is 2.04. The molecular formula is C11H17NO2. The monoisotopic (exact) mass is 195 g/mol. The molecule has 3 nitrogen and oxygen atoms in total. The molecular weight excluding hydrogens is 178 g/mol. The predicted octanol–water partition coefficient (Wildman–Crippen LogP) is 2.10. The van der Waals surface area contributed by atoms with Crippen LogP contribution >= 0.6 is 0 Å². The normalized spacial score (nSPS) is 18.1. The number of pyridine rings is 1. The molecule has 0 bridgehead atoms. The first kappa shape index (κ1) is 11.0. The molecule has 0 radical (unpaired) electrons. The van der Waals surface area contributed by atoms with Gasteiger partial charge in [0.05, 0.1) is 19.4 Å². The van der Waals surface area contributed by atoms with Gasteiger partial charge in [0.25, 0.3) is 0 Å². The average molecular weight is 195 g/mol. The van der Waals surface area contributed by atoms with Crippen LogP contribution in [0.25, 0.3) is 0 Å². The van der Waals surface area contributed by atoms with E-state index in [0.717, 1.165) is 29.7 Å². The molecule has 2 rings (SSSR count). The van der Waals surface area contributed by atoms with Crippen molar-refractivity contribution in [2.45, 2.75) is 32.8 Å². The molecule has 0 spiro atoms. The SMILES string of the molecule is CC.COc1cncc2c1CCC2O. The lowest BCUT2D eigenvalue weighted by molar-refractivity contribution is 0.179. The van der Waals surface area contributed by atoms with Crippen LogP contribution in [0.1, 0.15) is 37.5 Å². The highest BCUT2D eigenvalue weighted by Gasteiger charge is 2.23. The third-order valence-electron chi connectivity index (χ3n) is 2.30. The minimum atomic E-state index is -0.345. The van der Waals surface area contributed by atoms with E-state index in [4.69, 9.17) is 4.74 Å². The third kappa shape index (κ3) is 1.87. The van der Waals surface area contributed by atoms with E-state index in [9.17, 15) is 5.11 Å². The molecule has 1 aliphatic rings. The first-order chi connectivity index (χ1) is 6.83. The number of rotatable bonds is 1. The molecule has 14 heavy (non-hydrogen) atoms. The van der Waals surface area contributed by atoms with Gasteiger partial charge < -0.3 is 9.84 Å². The van der Waals surface area contributed by atoms with E-state index in [2.05, 4.69) is 4.98 Å². The van der Waals surface area contributed by atoms with Gasteiger partial charge in [-0.2, -0.15) is 0 Å². The Kier molecular flexibility index (Phi) is 3.89. The lowest BCUT2D eigenvalue weighted by Crippen LogP contribution is -1.94. The number of hydrogen-bond acceptors (Lipinski definition) is 3. The van der Waals surface area contributed by atoms with Crippen molar-refractivity contribution < 1.29 is 9.84 Å². The van der Waals surface area contributed by atoms with Crippen molar-refractivity contribution >= 4 is 0 Å². The van der Waals surface area contributed by atoms with Gasteiger partial charge in [0.15, 0.2) is 0 Å². The number of methoxy groups -OCH3 is 1. The van der Waals surface area contributed by atoms with Crippen LogP contribution in [0.15, 0.2) is 12.4 Å². The van der Waals surface area contributed by atoms with Crippen molar-refractivity contribution in [1.82, 2.24) is 4.98 Å². The highest BCUT2D eigenvalue weighted by Crippen LogP contribution is 2.35. The van der Waals surface area contributed by atoms with E-state index < -0.39 is 0 Å². The zero-order chi connectivity index (χ0) is 10.6. The van der Waals surface area contributed by atoms with E-state index in [1.54, 1.807) is 19.5 Å². The first-order valence-electron chi connectivity index (χ1n) is 5.01. The molecule has 0 aromatic carbocycles. The van der Waals surface area contributed by atoms with E-state index >= 15 is 0 Å². The molecule has 1 N–H and O–H groups in total. The predicted molar refractivity (Wildman–Crippen MR) is 55.4 cm³/mol. The zero-order valence-corrected chi connectivity index (χ0v) is 8.95. The average Bonchev–Trinajstić information content (AvgIpc) is 2.64. The van der Waals surface area contributed by atoms with Crippen LogP contribution in [0, 0.1) is 0 Å². The summed E-state index contributed by atoms with van der Waals surface area (Å²) in [4.78, 5) is 3.99. The Hall–Kier alpha value is -1.09. The van der Waals surface area contributed by atoms with Crippen LogP contribution in [0.3, 0.4) is 0 Å². The fraction of sp³-hybridized carbons (Fsp3) is 0.545. The molecule has 0 saturated carbocycles. The smallest absolute Gasteiger partial charge is 0.140 e. The summed E-state index contributed by atoms with van der Waals surface area (Å²) in [6, 6.07) is 0. The summed E-state index contributed by atoms with van der Waals surface area (Å²) in [6.07, 6.45) is 4.74. The number of aliphatic hydroxyl groups excluding tert-OH is 1. The van der Waals surface area contributed by atoms with Crippen molar-refractivity contribution in [2.24, 2.45) is 0 Å². The molecule has 0 fully saturated rings. The van der Waals surface area contributed by atoms with Crippen LogP contribution in [-0.4, -0.2) is 17.2 Å². The summed E-state index contributed by atoms with van der Waals surface area (Å²) in [7, 11) is 1.63. The molecule has 3 heteroatoms. The fourth-order valence-corrected chi connectivity index (χ4v) is 1.65. The van der Waals surface area contributed by atoms with Crippen LogP contribution in [0.2, 0.25) is 0 Å². The minimum absolute atomic E-state index is 0.345. The van der Waals surface area contributed by atoms with E-state index in [0.29, 0.717) is 0 Å². The molecule has 78 valence electrons. The Balaban J connectivity index is 0.000000461. The summed E-state index contributed by atoms with van der Waals surface area (Å²) in [5, 5.41) is 9.51. The Morgan fingerprint density at radius 1 is 1.43 bits per heavy atom. The first-order valence-corrected chi connectivity index (χ1v) is 5.01. The number of ether oxygens (including phenoxy) is 1. The standard InChI is InChI=1S/C9H11NO2.C2H6/c1-12-9-5-10-4-7-6(9)2-3-8(7)11;1-2/h4-5,8,11H,2-3H2,1H3;1-2H3. The van der Waals surface area contributed by atoms with Gasteiger partial charge in [0.2, 0.25) is 0 Å². The van der Waals surface area contributed by atoms with E-state index in [1.807, 2.05) is 13.8 Å². The lowest BCUT2D eigenvalue weighted by atomic mass is 10.1. The molecule has 0 amide bonds. The minimum Gasteiger partial charge on any atom is -0.495 e. The van der Waals surface area contributed by atoms with Crippen LogP contribution in [0.5, 0.6) is 5.75 Å². The maximum absolute atomic E-state index is 9.51. The number of fused-ring (bicyclic) bond motifs is 1. The van der Waals surface area contributed by atoms with Gasteiger partial charge >= 0.3 is 0 Å². The molecule has 1 aromatic rings. The van der Waals surface area contributed by atoms with Crippen LogP contribution in [-0.2, 0) is 6.42 Å². The van der Waals surface area contributed by atoms with Crippen molar-refractivity contribution in [3.63, 3.8) is 0 Å². The number of aromatic nitrogens is 1. The fourth-order valence-electron chi connectivity index (χ4n) is 1.65. The molecule has 1 unspecified atom stereocenters. The maximum atomic E-state index is 9.51. The Morgan fingerprint density at radius 3 is 2.79 bits per heavy atom. The third-order valence-corrected chi connectivity index (χ3v) is 2.30. The maximum Gasteiger partial charge on any atom is 0.140 e. The zero-order valence-electron chi connectivity index (χ0n) is 8.95. The van der Waals surface area contributed by atoms with Crippen molar-refractivity contribution in [3.8, 4) is 5.75 Å². The van der Waals surface area contributed by atoms with Gasteiger partial charge in [-0.1, -0.05) is 13.8 Å². The Labute approximate surface area is 84.7 Å². The molecule has 1 aliphatic carbocycles. The summed E-state index contributed by atoms with van der Waals surface area (Å²) < 4.78 is 5.13. The Morgan fingerprint density at radius 2 is 2.14 bits per heavy atom. The Bertz CT molecular complexity index is 299. The summed E-state index contributed by atoms with van der Waals surface area (Å²) >= 11 is 0. The topological polar surface area (TPSA) is 42.4 Å².